The maximum atomic E-state index is 11.7. The fourth-order valence-electron chi connectivity index (χ4n) is 1.01. The van der Waals surface area contributed by atoms with E-state index in [4.69, 9.17) is 10.8 Å². The zero-order valence-corrected chi connectivity index (χ0v) is 9.97. The second-order valence-corrected chi connectivity index (χ2v) is 5.26. The summed E-state index contributed by atoms with van der Waals surface area (Å²) in [5.41, 5.74) is 6.22. The van der Waals surface area contributed by atoms with Gasteiger partial charge in [-0.3, -0.25) is 4.21 Å². The number of halogens is 1. The zero-order valence-electron chi connectivity index (χ0n) is 7.57. The summed E-state index contributed by atoms with van der Waals surface area (Å²) in [5, 5.41) is 8.61. The van der Waals surface area contributed by atoms with Crippen molar-refractivity contribution in [2.45, 2.75) is 11.3 Å². The maximum Gasteiger partial charge on any atom is 0.0628 e. The van der Waals surface area contributed by atoms with E-state index >= 15 is 0 Å². The number of anilines is 1. The van der Waals surface area contributed by atoms with Crippen LogP contribution in [0.15, 0.2) is 27.6 Å². The van der Waals surface area contributed by atoms with Crippen LogP contribution in [0.1, 0.15) is 6.42 Å². The Hall–Kier alpha value is -0.390. The van der Waals surface area contributed by atoms with Crippen LogP contribution in [-0.4, -0.2) is 21.7 Å². The molecule has 0 bridgehead atoms. The summed E-state index contributed by atoms with van der Waals surface area (Å²) in [6, 6.07) is 5.28. The summed E-state index contributed by atoms with van der Waals surface area (Å²) in [6.07, 6.45) is 0.526. The monoisotopic (exact) mass is 277 g/mol. The predicted molar refractivity (Wildman–Crippen MR) is 61.5 cm³/mol. The summed E-state index contributed by atoms with van der Waals surface area (Å²) in [4.78, 5) is 0.632. The summed E-state index contributed by atoms with van der Waals surface area (Å²) >= 11 is 3.29. The Morgan fingerprint density at radius 1 is 1.50 bits per heavy atom. The number of hydrogen-bond donors (Lipinski definition) is 2. The Morgan fingerprint density at radius 3 is 2.86 bits per heavy atom. The summed E-state index contributed by atoms with van der Waals surface area (Å²) in [7, 11) is -1.12. The number of nitrogens with two attached hydrogens (primary N) is 1. The van der Waals surface area contributed by atoms with Gasteiger partial charge in [0.25, 0.3) is 0 Å². The van der Waals surface area contributed by atoms with Gasteiger partial charge in [0.05, 0.1) is 15.7 Å². The maximum absolute atomic E-state index is 11.7. The topological polar surface area (TPSA) is 63.3 Å². The quantitative estimate of drug-likeness (QED) is 0.821. The molecule has 0 amide bonds. The van der Waals surface area contributed by atoms with E-state index < -0.39 is 10.8 Å². The van der Waals surface area contributed by atoms with Gasteiger partial charge < -0.3 is 10.8 Å². The molecular formula is C9H12BrNO2S. The summed E-state index contributed by atoms with van der Waals surface area (Å²) < 4.78 is 12.5. The van der Waals surface area contributed by atoms with Crippen molar-refractivity contribution >= 4 is 32.4 Å². The SMILES string of the molecule is Nc1ccc(Br)cc1S(=O)CCCO. The van der Waals surface area contributed by atoms with Crippen molar-refractivity contribution in [2.24, 2.45) is 0 Å². The Morgan fingerprint density at radius 2 is 2.21 bits per heavy atom. The smallest absolute Gasteiger partial charge is 0.0628 e. The molecule has 0 aliphatic heterocycles. The molecule has 1 aromatic rings. The third-order valence-corrected chi connectivity index (χ3v) is 3.71. The lowest BCUT2D eigenvalue weighted by atomic mass is 10.3. The van der Waals surface area contributed by atoms with Crippen molar-refractivity contribution in [3.05, 3.63) is 22.7 Å². The molecule has 0 fully saturated rings. The average Bonchev–Trinajstić information content (AvgIpc) is 2.18. The molecule has 78 valence electrons. The number of benzene rings is 1. The van der Waals surface area contributed by atoms with Crippen molar-refractivity contribution in [3.63, 3.8) is 0 Å². The van der Waals surface area contributed by atoms with Gasteiger partial charge in [-0.25, -0.2) is 0 Å². The van der Waals surface area contributed by atoms with Crippen molar-refractivity contribution in [1.82, 2.24) is 0 Å². The van der Waals surface area contributed by atoms with Gasteiger partial charge in [0.15, 0.2) is 0 Å². The van der Waals surface area contributed by atoms with Crippen LogP contribution in [0.3, 0.4) is 0 Å². The van der Waals surface area contributed by atoms with Gasteiger partial charge in [-0.2, -0.15) is 0 Å². The lowest BCUT2D eigenvalue weighted by Crippen LogP contribution is -2.03. The van der Waals surface area contributed by atoms with Gasteiger partial charge in [-0.15, -0.1) is 0 Å². The molecule has 0 saturated heterocycles. The van der Waals surface area contributed by atoms with E-state index in [-0.39, 0.29) is 6.61 Å². The molecule has 5 heteroatoms. The Bertz CT molecular complexity index is 344. The molecule has 0 radical (unpaired) electrons. The number of hydrogen-bond acceptors (Lipinski definition) is 3. The molecule has 0 spiro atoms. The predicted octanol–water partition coefficient (Wildman–Crippen LogP) is 1.52. The molecule has 0 aliphatic rings. The molecule has 1 atom stereocenters. The minimum atomic E-state index is -1.12. The van der Waals surface area contributed by atoms with Crippen molar-refractivity contribution in [1.29, 1.82) is 0 Å². The number of aliphatic hydroxyl groups excluding tert-OH is 1. The van der Waals surface area contributed by atoms with Gasteiger partial charge in [0, 0.05) is 22.5 Å². The standard InChI is InChI=1S/C9H12BrNO2S/c10-7-2-3-8(11)9(6-7)14(13)5-1-4-12/h2-3,6,12H,1,4-5,11H2. The van der Waals surface area contributed by atoms with Crippen molar-refractivity contribution < 1.29 is 9.32 Å². The van der Waals surface area contributed by atoms with E-state index in [1.165, 1.54) is 0 Å². The highest BCUT2D eigenvalue weighted by Crippen LogP contribution is 2.21. The summed E-state index contributed by atoms with van der Waals surface area (Å²) in [6.45, 7) is 0.0552. The molecule has 0 aromatic heterocycles. The first kappa shape index (κ1) is 11.7. The summed E-state index contributed by atoms with van der Waals surface area (Å²) in [5.74, 6) is 0.442. The first-order chi connectivity index (χ1) is 6.65. The highest BCUT2D eigenvalue weighted by molar-refractivity contribution is 9.10. The zero-order chi connectivity index (χ0) is 10.6. The van der Waals surface area contributed by atoms with Gasteiger partial charge in [0.1, 0.15) is 0 Å². The molecule has 1 rings (SSSR count). The van der Waals surface area contributed by atoms with Crippen LogP contribution in [0.2, 0.25) is 0 Å². The third-order valence-electron chi connectivity index (χ3n) is 1.71. The van der Waals surface area contributed by atoms with E-state index in [1.54, 1.807) is 12.1 Å². The fraction of sp³-hybridized carbons (Fsp3) is 0.333. The van der Waals surface area contributed by atoms with E-state index in [2.05, 4.69) is 15.9 Å². The molecule has 3 nitrogen and oxygen atoms in total. The lowest BCUT2D eigenvalue weighted by Gasteiger charge is -2.05. The number of rotatable bonds is 4. The molecule has 14 heavy (non-hydrogen) atoms. The first-order valence-electron chi connectivity index (χ1n) is 4.19. The fourth-order valence-corrected chi connectivity index (χ4v) is 2.72. The van der Waals surface area contributed by atoms with Crippen LogP contribution in [0.25, 0.3) is 0 Å². The van der Waals surface area contributed by atoms with Crippen LogP contribution in [0, 0.1) is 0 Å². The van der Waals surface area contributed by atoms with E-state index in [0.717, 1.165) is 4.47 Å². The Balaban J connectivity index is 2.83. The first-order valence-corrected chi connectivity index (χ1v) is 6.30. The largest absolute Gasteiger partial charge is 0.398 e. The van der Waals surface area contributed by atoms with Crippen molar-refractivity contribution in [3.8, 4) is 0 Å². The Labute approximate surface area is 93.9 Å². The highest BCUT2D eigenvalue weighted by atomic mass is 79.9. The lowest BCUT2D eigenvalue weighted by molar-refractivity contribution is 0.296. The van der Waals surface area contributed by atoms with Gasteiger partial charge in [0.2, 0.25) is 0 Å². The number of nitrogen functional groups attached to an aromatic ring is 1. The average molecular weight is 278 g/mol. The number of aliphatic hydroxyl groups is 1. The Kier molecular flexibility index (Phi) is 4.57. The molecule has 0 saturated carbocycles. The van der Waals surface area contributed by atoms with Gasteiger partial charge in [-0.1, -0.05) is 15.9 Å². The van der Waals surface area contributed by atoms with Crippen LogP contribution in [0.4, 0.5) is 5.69 Å². The third kappa shape index (κ3) is 3.08. The van der Waals surface area contributed by atoms with Crippen LogP contribution >= 0.6 is 15.9 Å². The van der Waals surface area contributed by atoms with E-state index in [1.807, 2.05) is 6.07 Å². The molecule has 0 aliphatic carbocycles. The minimum absolute atomic E-state index is 0.0552. The second-order valence-electron chi connectivity index (χ2n) is 2.81. The normalized spacial score (nSPS) is 12.7. The van der Waals surface area contributed by atoms with Crippen LogP contribution in [-0.2, 0) is 10.8 Å². The van der Waals surface area contributed by atoms with Gasteiger partial charge in [-0.05, 0) is 24.6 Å². The molecule has 3 N–H and O–H groups in total. The van der Waals surface area contributed by atoms with Gasteiger partial charge >= 0.3 is 0 Å². The molecule has 0 heterocycles. The molecule has 1 aromatic carbocycles. The van der Waals surface area contributed by atoms with Crippen LogP contribution < -0.4 is 5.73 Å². The van der Waals surface area contributed by atoms with Crippen molar-refractivity contribution in [2.75, 3.05) is 18.1 Å². The van der Waals surface area contributed by atoms with E-state index in [9.17, 15) is 4.21 Å². The van der Waals surface area contributed by atoms with E-state index in [0.29, 0.717) is 22.8 Å². The molecule has 1 unspecified atom stereocenters. The van der Waals surface area contributed by atoms with Crippen LogP contribution in [0.5, 0.6) is 0 Å². The highest BCUT2D eigenvalue weighted by Gasteiger charge is 2.07. The molecular weight excluding hydrogens is 266 g/mol. The second kappa shape index (κ2) is 5.48. The minimum Gasteiger partial charge on any atom is -0.398 e.